The molecule has 5 heteroatoms. The Bertz CT molecular complexity index is 393. The van der Waals surface area contributed by atoms with Crippen molar-refractivity contribution in [3.05, 3.63) is 30.1 Å². The maximum absolute atomic E-state index is 11.6. The molecule has 0 spiro atoms. The van der Waals surface area contributed by atoms with E-state index in [1.54, 1.807) is 39.0 Å². The Morgan fingerprint density at radius 1 is 1.44 bits per heavy atom. The molecular weight excluding hydrogens is 208 g/mol. The molecule has 0 bridgehead atoms. The topological polar surface area (TPSA) is 71.8 Å². The Kier molecular flexibility index (Phi) is 3.60. The summed E-state index contributed by atoms with van der Waals surface area (Å²) in [5.41, 5.74) is -0.559. The first kappa shape index (κ1) is 12.2. The second kappa shape index (κ2) is 4.74. The van der Waals surface area contributed by atoms with Crippen LogP contribution in [0.4, 0.5) is 0 Å². The van der Waals surface area contributed by atoms with Crippen molar-refractivity contribution in [2.45, 2.75) is 26.4 Å². The van der Waals surface area contributed by atoms with Crippen LogP contribution in [0.25, 0.3) is 0 Å². The minimum atomic E-state index is -0.700. The molecule has 0 saturated heterocycles. The Morgan fingerprint density at radius 2 is 2.12 bits per heavy atom. The van der Waals surface area contributed by atoms with Crippen LogP contribution in [0.15, 0.2) is 29.6 Å². The molecule has 1 aromatic rings. The maximum Gasteiger partial charge on any atom is 0.363 e. The van der Waals surface area contributed by atoms with Gasteiger partial charge in [-0.05, 0) is 32.9 Å². The Balaban J connectivity index is 2.90. The highest BCUT2D eigenvalue weighted by Gasteiger charge is 2.23. The van der Waals surface area contributed by atoms with E-state index in [1.165, 1.54) is 6.20 Å². The summed E-state index contributed by atoms with van der Waals surface area (Å²) in [5.74, 6) is -0.700. The number of esters is 1. The van der Waals surface area contributed by atoms with Crippen LogP contribution in [0.5, 0.6) is 0 Å². The molecule has 0 aliphatic carbocycles. The average molecular weight is 222 g/mol. The lowest BCUT2D eigenvalue weighted by Gasteiger charge is -2.19. The van der Waals surface area contributed by atoms with E-state index >= 15 is 0 Å². The predicted octanol–water partition coefficient (Wildman–Crippen LogP) is 1.60. The van der Waals surface area contributed by atoms with E-state index in [0.717, 1.165) is 0 Å². The highest BCUT2D eigenvalue weighted by atomic mass is 16.6. The fraction of sp³-hybridized carbons (Fsp3) is 0.364. The van der Waals surface area contributed by atoms with Gasteiger partial charge >= 0.3 is 5.97 Å². The SMILES string of the molecule is CC(C)(C)OC(=O)/C(=N/O)c1ccccn1. The van der Waals surface area contributed by atoms with E-state index < -0.39 is 11.6 Å². The van der Waals surface area contributed by atoms with Gasteiger partial charge in [-0.15, -0.1) is 0 Å². The van der Waals surface area contributed by atoms with E-state index in [4.69, 9.17) is 9.94 Å². The van der Waals surface area contributed by atoms with Crippen LogP contribution < -0.4 is 0 Å². The lowest BCUT2D eigenvalue weighted by Crippen LogP contribution is -2.29. The number of ether oxygens (including phenoxy) is 1. The molecule has 0 fully saturated rings. The normalized spacial score (nSPS) is 12.3. The lowest BCUT2D eigenvalue weighted by molar-refractivity contribution is -0.146. The number of pyridine rings is 1. The molecule has 16 heavy (non-hydrogen) atoms. The summed E-state index contributed by atoms with van der Waals surface area (Å²) in [6, 6.07) is 4.96. The molecule has 86 valence electrons. The van der Waals surface area contributed by atoms with Crippen molar-refractivity contribution in [2.75, 3.05) is 0 Å². The van der Waals surface area contributed by atoms with Crippen LogP contribution in [0.2, 0.25) is 0 Å². The molecule has 0 atom stereocenters. The predicted molar refractivity (Wildman–Crippen MR) is 58.4 cm³/mol. The zero-order chi connectivity index (χ0) is 12.2. The fourth-order valence-corrected chi connectivity index (χ4v) is 1.03. The van der Waals surface area contributed by atoms with E-state index in [-0.39, 0.29) is 11.4 Å². The number of nitrogens with zero attached hydrogens (tertiary/aromatic N) is 2. The van der Waals surface area contributed by atoms with Gasteiger partial charge in [0.1, 0.15) is 5.60 Å². The van der Waals surface area contributed by atoms with Crippen molar-refractivity contribution in [1.82, 2.24) is 4.98 Å². The third-order valence-electron chi connectivity index (χ3n) is 1.60. The van der Waals surface area contributed by atoms with Crippen molar-refractivity contribution in [3.8, 4) is 0 Å². The molecule has 0 aromatic carbocycles. The minimum absolute atomic E-state index is 0.199. The third kappa shape index (κ3) is 3.34. The Morgan fingerprint density at radius 3 is 2.56 bits per heavy atom. The molecule has 1 aromatic heterocycles. The highest BCUT2D eigenvalue weighted by molar-refractivity contribution is 6.42. The van der Waals surface area contributed by atoms with Gasteiger partial charge in [0.15, 0.2) is 0 Å². The lowest BCUT2D eigenvalue weighted by atomic mass is 10.2. The van der Waals surface area contributed by atoms with Gasteiger partial charge in [-0.1, -0.05) is 11.2 Å². The van der Waals surface area contributed by atoms with E-state index in [0.29, 0.717) is 0 Å². The van der Waals surface area contributed by atoms with Gasteiger partial charge < -0.3 is 9.94 Å². The van der Waals surface area contributed by atoms with E-state index in [2.05, 4.69) is 10.1 Å². The van der Waals surface area contributed by atoms with Crippen LogP contribution >= 0.6 is 0 Å². The molecule has 0 aliphatic rings. The molecule has 0 aliphatic heterocycles. The van der Waals surface area contributed by atoms with E-state index in [1.807, 2.05) is 0 Å². The summed E-state index contributed by atoms with van der Waals surface area (Å²) in [4.78, 5) is 15.5. The molecule has 1 heterocycles. The van der Waals surface area contributed by atoms with Crippen molar-refractivity contribution < 1.29 is 14.7 Å². The van der Waals surface area contributed by atoms with Gasteiger partial charge in [0.25, 0.3) is 0 Å². The van der Waals surface area contributed by atoms with Crippen LogP contribution in [-0.4, -0.2) is 27.5 Å². The van der Waals surface area contributed by atoms with Crippen molar-refractivity contribution >= 4 is 11.7 Å². The number of rotatable bonds is 2. The molecule has 5 nitrogen and oxygen atoms in total. The Hall–Kier alpha value is -1.91. The van der Waals surface area contributed by atoms with Gasteiger partial charge in [0.05, 0.1) is 5.69 Å². The largest absolute Gasteiger partial charge is 0.455 e. The van der Waals surface area contributed by atoms with Gasteiger partial charge in [-0.3, -0.25) is 4.98 Å². The molecule has 0 amide bonds. The van der Waals surface area contributed by atoms with Crippen LogP contribution in [0, 0.1) is 0 Å². The Labute approximate surface area is 93.8 Å². The first-order valence-corrected chi connectivity index (χ1v) is 4.81. The highest BCUT2D eigenvalue weighted by Crippen LogP contribution is 2.09. The summed E-state index contributed by atoms with van der Waals surface area (Å²) < 4.78 is 5.08. The van der Waals surface area contributed by atoms with Crippen molar-refractivity contribution in [2.24, 2.45) is 5.16 Å². The zero-order valence-electron chi connectivity index (χ0n) is 9.47. The second-order valence-corrected chi connectivity index (χ2v) is 4.17. The first-order valence-electron chi connectivity index (χ1n) is 4.81. The van der Waals surface area contributed by atoms with Gasteiger partial charge in [-0.2, -0.15) is 0 Å². The van der Waals surface area contributed by atoms with Crippen molar-refractivity contribution in [1.29, 1.82) is 0 Å². The van der Waals surface area contributed by atoms with Crippen molar-refractivity contribution in [3.63, 3.8) is 0 Å². The van der Waals surface area contributed by atoms with E-state index in [9.17, 15) is 4.79 Å². The third-order valence-corrected chi connectivity index (χ3v) is 1.60. The summed E-state index contributed by atoms with van der Waals surface area (Å²) >= 11 is 0. The molecule has 1 rings (SSSR count). The first-order chi connectivity index (χ1) is 7.44. The molecule has 1 N–H and O–H groups in total. The second-order valence-electron chi connectivity index (χ2n) is 4.17. The molecule has 0 saturated carbocycles. The summed E-state index contributed by atoms with van der Waals surface area (Å²) in [5, 5.41) is 11.7. The van der Waals surface area contributed by atoms with Gasteiger partial charge in [-0.25, -0.2) is 4.79 Å². The monoisotopic (exact) mass is 222 g/mol. The number of carbonyl (C=O) groups is 1. The number of hydrogen-bond acceptors (Lipinski definition) is 5. The fourth-order valence-electron chi connectivity index (χ4n) is 1.03. The van der Waals surface area contributed by atoms with Crippen LogP contribution in [0.3, 0.4) is 0 Å². The quantitative estimate of drug-likeness (QED) is 0.357. The van der Waals surface area contributed by atoms with Gasteiger partial charge in [0, 0.05) is 6.20 Å². The summed E-state index contributed by atoms with van der Waals surface area (Å²) in [6.07, 6.45) is 1.50. The number of oxime groups is 1. The van der Waals surface area contributed by atoms with Crippen LogP contribution in [-0.2, 0) is 9.53 Å². The number of carbonyl (C=O) groups excluding carboxylic acids is 1. The number of aromatic nitrogens is 1. The molecule has 0 unspecified atom stereocenters. The van der Waals surface area contributed by atoms with Gasteiger partial charge in [0.2, 0.25) is 5.71 Å². The maximum atomic E-state index is 11.6. The molecular formula is C11H14N2O3. The molecule has 0 radical (unpaired) electrons. The standard InChI is InChI=1S/C11H14N2O3/c1-11(2,3)16-10(14)9(13-15)8-6-4-5-7-12-8/h4-7,15H,1-3H3/b13-9+. The number of hydrogen-bond donors (Lipinski definition) is 1. The summed E-state index contributed by atoms with van der Waals surface area (Å²) in [6.45, 7) is 5.20. The average Bonchev–Trinajstić information content (AvgIpc) is 2.17. The smallest absolute Gasteiger partial charge is 0.363 e. The minimum Gasteiger partial charge on any atom is -0.455 e. The summed E-state index contributed by atoms with van der Waals surface area (Å²) in [7, 11) is 0. The van der Waals surface area contributed by atoms with Crippen LogP contribution in [0.1, 0.15) is 26.5 Å². The zero-order valence-corrected chi connectivity index (χ0v) is 9.47.